The first-order valence-electron chi connectivity index (χ1n) is 10.4. The summed E-state index contributed by atoms with van der Waals surface area (Å²) in [7, 11) is -3.65. The Kier molecular flexibility index (Phi) is 6.48. The number of carbonyl (C=O) groups excluding carboxylic acids is 1. The van der Waals surface area contributed by atoms with Gasteiger partial charge in [0, 0.05) is 32.7 Å². The fourth-order valence-electron chi connectivity index (χ4n) is 3.65. The first-order valence-corrected chi connectivity index (χ1v) is 11.8. The number of nitrogens with zero attached hydrogens (tertiary/aromatic N) is 3. The van der Waals surface area contributed by atoms with Crippen molar-refractivity contribution in [3.8, 4) is 17.6 Å². The summed E-state index contributed by atoms with van der Waals surface area (Å²) in [5.74, 6) is 1.46. The van der Waals surface area contributed by atoms with Crippen LogP contribution in [-0.4, -0.2) is 69.6 Å². The highest BCUT2D eigenvalue weighted by Gasteiger charge is 2.30. The molecule has 4 rings (SSSR count). The minimum Gasteiger partial charge on any atom is -0.486 e. The number of urea groups is 1. The molecule has 0 spiro atoms. The number of nitriles is 1. The van der Waals surface area contributed by atoms with Gasteiger partial charge >= 0.3 is 6.03 Å². The van der Waals surface area contributed by atoms with E-state index in [1.165, 1.54) is 28.6 Å². The van der Waals surface area contributed by atoms with Crippen molar-refractivity contribution >= 4 is 16.1 Å². The third-order valence-corrected chi connectivity index (χ3v) is 7.36. The van der Waals surface area contributed by atoms with Crippen LogP contribution < -0.4 is 14.8 Å². The van der Waals surface area contributed by atoms with Gasteiger partial charge in [0.05, 0.1) is 16.5 Å². The highest BCUT2D eigenvalue weighted by Crippen LogP contribution is 2.30. The Hall–Kier alpha value is -3.29. The monoisotopic (exact) mass is 456 g/mol. The van der Waals surface area contributed by atoms with Gasteiger partial charge in [-0.25, -0.2) is 13.2 Å². The molecule has 0 saturated carbocycles. The average molecular weight is 457 g/mol. The highest BCUT2D eigenvalue weighted by molar-refractivity contribution is 7.89. The van der Waals surface area contributed by atoms with Crippen LogP contribution in [0.2, 0.25) is 0 Å². The first-order chi connectivity index (χ1) is 15.5. The van der Waals surface area contributed by atoms with E-state index in [-0.39, 0.29) is 24.0 Å². The molecule has 2 aliphatic rings. The largest absolute Gasteiger partial charge is 0.486 e. The van der Waals surface area contributed by atoms with Crippen LogP contribution in [0, 0.1) is 11.3 Å². The molecule has 0 aliphatic carbocycles. The molecule has 2 aromatic carbocycles. The van der Waals surface area contributed by atoms with Gasteiger partial charge in [0.15, 0.2) is 11.5 Å². The third kappa shape index (κ3) is 4.79. The van der Waals surface area contributed by atoms with Crippen LogP contribution in [0.25, 0.3) is 0 Å². The van der Waals surface area contributed by atoms with Crippen molar-refractivity contribution in [1.29, 1.82) is 5.26 Å². The van der Waals surface area contributed by atoms with E-state index in [4.69, 9.17) is 14.7 Å². The molecule has 0 radical (unpaired) electrons. The van der Waals surface area contributed by atoms with Gasteiger partial charge in [0.1, 0.15) is 13.2 Å². The maximum atomic E-state index is 12.8. The summed E-state index contributed by atoms with van der Waals surface area (Å²) in [5, 5.41) is 11.8. The van der Waals surface area contributed by atoms with Crippen molar-refractivity contribution in [3.05, 3.63) is 53.6 Å². The molecule has 10 heteroatoms. The van der Waals surface area contributed by atoms with Crippen LogP contribution in [-0.2, 0) is 16.4 Å². The molecule has 2 heterocycles. The lowest BCUT2D eigenvalue weighted by Gasteiger charge is -2.34. The number of piperazine rings is 1. The number of nitrogens with one attached hydrogen (secondary N) is 1. The van der Waals surface area contributed by atoms with Crippen molar-refractivity contribution in [1.82, 2.24) is 14.5 Å². The van der Waals surface area contributed by atoms with Crippen molar-refractivity contribution in [3.63, 3.8) is 0 Å². The molecule has 0 unspecified atom stereocenters. The standard InChI is InChI=1S/C22H24N4O5S/c23-16-18-1-4-19(5-2-18)32(28,29)26-11-9-25(10-12-26)22(27)24-8-7-17-3-6-20-21(15-17)31-14-13-30-20/h1-6,15H,7-14H2,(H,24,27). The van der Waals surface area contributed by atoms with Gasteiger partial charge in [-0.1, -0.05) is 6.07 Å². The van der Waals surface area contributed by atoms with Gasteiger partial charge in [-0.2, -0.15) is 9.57 Å². The number of fused-ring (bicyclic) bond motifs is 1. The Labute approximate surface area is 187 Å². The second-order valence-corrected chi connectivity index (χ2v) is 9.43. The average Bonchev–Trinajstić information content (AvgIpc) is 2.84. The van der Waals surface area contributed by atoms with Gasteiger partial charge in [-0.3, -0.25) is 0 Å². The van der Waals surface area contributed by atoms with Gasteiger partial charge in [0.25, 0.3) is 0 Å². The Balaban J connectivity index is 1.26. The molecule has 168 valence electrons. The minimum absolute atomic E-state index is 0.147. The fraction of sp³-hybridized carbons (Fsp3) is 0.364. The van der Waals surface area contributed by atoms with Crippen molar-refractivity contribution in [2.24, 2.45) is 0 Å². The molecule has 0 atom stereocenters. The number of rotatable bonds is 5. The molecular formula is C22H24N4O5S. The zero-order chi connectivity index (χ0) is 22.6. The first kappa shape index (κ1) is 21.9. The summed E-state index contributed by atoms with van der Waals surface area (Å²) >= 11 is 0. The number of ether oxygens (including phenoxy) is 2. The number of amides is 2. The molecule has 2 aliphatic heterocycles. The molecule has 1 N–H and O–H groups in total. The lowest BCUT2D eigenvalue weighted by Crippen LogP contribution is -2.53. The van der Waals surface area contributed by atoms with E-state index in [0.29, 0.717) is 44.8 Å². The second-order valence-electron chi connectivity index (χ2n) is 7.49. The van der Waals surface area contributed by atoms with Gasteiger partial charge < -0.3 is 19.7 Å². The second kappa shape index (κ2) is 9.46. The molecular weight excluding hydrogens is 432 g/mol. The predicted molar refractivity (Wildman–Crippen MR) is 116 cm³/mol. The molecule has 0 aromatic heterocycles. The molecule has 1 fully saturated rings. The van der Waals surface area contributed by atoms with E-state index in [2.05, 4.69) is 5.32 Å². The highest BCUT2D eigenvalue weighted by atomic mass is 32.2. The summed E-state index contributed by atoms with van der Waals surface area (Å²) in [6.45, 7) is 2.60. The van der Waals surface area contributed by atoms with E-state index in [0.717, 1.165) is 17.1 Å². The Morgan fingerprint density at radius 1 is 1.00 bits per heavy atom. The molecule has 0 bridgehead atoms. The smallest absolute Gasteiger partial charge is 0.317 e. The molecule has 32 heavy (non-hydrogen) atoms. The van der Waals surface area contributed by atoms with E-state index in [1.807, 2.05) is 24.3 Å². The molecule has 2 amide bonds. The van der Waals surface area contributed by atoms with Crippen LogP contribution in [0.5, 0.6) is 11.5 Å². The Morgan fingerprint density at radius 3 is 2.38 bits per heavy atom. The summed E-state index contributed by atoms with van der Waals surface area (Å²) < 4.78 is 38.1. The Bertz CT molecular complexity index is 1120. The quantitative estimate of drug-likeness (QED) is 0.731. The number of carbonyl (C=O) groups is 1. The summed E-state index contributed by atoms with van der Waals surface area (Å²) in [6.07, 6.45) is 0.648. The molecule has 2 aromatic rings. The normalized spacial score (nSPS) is 16.3. The van der Waals surface area contributed by atoms with Crippen molar-refractivity contribution in [2.75, 3.05) is 45.9 Å². The maximum Gasteiger partial charge on any atom is 0.317 e. The number of benzene rings is 2. The lowest BCUT2D eigenvalue weighted by molar-refractivity contribution is 0.171. The van der Waals surface area contributed by atoms with Crippen molar-refractivity contribution in [2.45, 2.75) is 11.3 Å². The summed E-state index contributed by atoms with van der Waals surface area (Å²) in [6, 6.07) is 13.4. The SMILES string of the molecule is N#Cc1ccc(S(=O)(=O)N2CCN(C(=O)NCCc3ccc4c(c3)OCCO4)CC2)cc1. The molecule has 1 saturated heterocycles. The van der Waals surface area contributed by atoms with Crippen LogP contribution in [0.4, 0.5) is 4.79 Å². The van der Waals surface area contributed by atoms with Crippen LogP contribution >= 0.6 is 0 Å². The van der Waals surface area contributed by atoms with Crippen LogP contribution in [0.15, 0.2) is 47.4 Å². The fourth-order valence-corrected chi connectivity index (χ4v) is 5.07. The molecule has 9 nitrogen and oxygen atoms in total. The van der Waals surface area contributed by atoms with E-state index in [1.54, 1.807) is 4.90 Å². The van der Waals surface area contributed by atoms with Crippen LogP contribution in [0.3, 0.4) is 0 Å². The van der Waals surface area contributed by atoms with Crippen molar-refractivity contribution < 1.29 is 22.7 Å². The van der Waals surface area contributed by atoms with Crippen LogP contribution in [0.1, 0.15) is 11.1 Å². The van der Waals surface area contributed by atoms with Gasteiger partial charge in [-0.05, 0) is 48.4 Å². The lowest BCUT2D eigenvalue weighted by atomic mass is 10.1. The summed E-state index contributed by atoms with van der Waals surface area (Å²) in [4.78, 5) is 14.3. The maximum absolute atomic E-state index is 12.8. The minimum atomic E-state index is -3.65. The van der Waals surface area contributed by atoms with E-state index < -0.39 is 10.0 Å². The third-order valence-electron chi connectivity index (χ3n) is 5.44. The summed E-state index contributed by atoms with van der Waals surface area (Å²) in [5.41, 5.74) is 1.44. The zero-order valence-corrected chi connectivity index (χ0v) is 18.3. The number of hydrogen-bond donors (Lipinski definition) is 1. The van der Waals surface area contributed by atoms with Gasteiger partial charge in [0.2, 0.25) is 10.0 Å². The Morgan fingerprint density at radius 2 is 1.69 bits per heavy atom. The van der Waals surface area contributed by atoms with E-state index in [9.17, 15) is 13.2 Å². The predicted octanol–water partition coefficient (Wildman–Crippen LogP) is 1.59. The number of hydrogen-bond acceptors (Lipinski definition) is 6. The van der Waals surface area contributed by atoms with E-state index >= 15 is 0 Å². The van der Waals surface area contributed by atoms with Gasteiger partial charge in [-0.15, -0.1) is 0 Å². The topological polar surface area (TPSA) is 112 Å². The number of sulfonamides is 1. The zero-order valence-electron chi connectivity index (χ0n) is 17.5.